The van der Waals surface area contributed by atoms with Gasteiger partial charge < -0.3 is 10.2 Å². The van der Waals surface area contributed by atoms with E-state index in [1.165, 1.54) is 0 Å². The smallest absolute Gasteiger partial charge is 0.309 e. The van der Waals surface area contributed by atoms with E-state index in [1.54, 1.807) is 0 Å². The number of aliphatic hydroxyl groups excluding tert-OH is 1. The second kappa shape index (κ2) is 8.57. The van der Waals surface area contributed by atoms with Crippen LogP contribution in [0, 0.1) is 5.41 Å². The summed E-state index contributed by atoms with van der Waals surface area (Å²) in [6, 6.07) is 0. The van der Waals surface area contributed by atoms with Crippen molar-refractivity contribution in [3.63, 3.8) is 0 Å². The number of unbranched alkanes of at least 4 members (excludes halogenated alkanes) is 3. The number of aliphatic hydroxyl groups is 1. The van der Waals surface area contributed by atoms with Gasteiger partial charge in [-0.1, -0.05) is 39.5 Å². The molecule has 2 N–H and O–H groups in total. The molecule has 0 aliphatic heterocycles. The van der Waals surface area contributed by atoms with E-state index in [0.29, 0.717) is 6.42 Å². The summed E-state index contributed by atoms with van der Waals surface area (Å²) in [5.41, 5.74) is -0.522. The van der Waals surface area contributed by atoms with Gasteiger partial charge in [0, 0.05) is 6.61 Å². The maximum absolute atomic E-state index is 11.4. The lowest BCUT2D eigenvalue weighted by molar-refractivity contribution is -0.150. The Hall–Kier alpha value is -0.570. The molecular weight excluding hydrogens is 204 g/mol. The van der Waals surface area contributed by atoms with Crippen LogP contribution in [-0.2, 0) is 4.79 Å². The Morgan fingerprint density at radius 1 is 1.06 bits per heavy atom. The van der Waals surface area contributed by atoms with Crippen LogP contribution >= 0.6 is 0 Å². The predicted octanol–water partition coefficient (Wildman–Crippen LogP) is 3.21. The molecule has 0 heterocycles. The molecule has 0 rings (SSSR count). The third kappa shape index (κ3) is 4.97. The average molecular weight is 230 g/mol. The molecule has 0 aliphatic rings. The normalized spacial score (nSPS) is 14.7. The molecule has 0 saturated heterocycles. The first kappa shape index (κ1) is 15.4. The molecule has 0 aromatic carbocycles. The summed E-state index contributed by atoms with van der Waals surface area (Å²) < 4.78 is 0. The van der Waals surface area contributed by atoms with Gasteiger partial charge in [-0.15, -0.1) is 0 Å². The van der Waals surface area contributed by atoms with E-state index in [4.69, 9.17) is 5.11 Å². The van der Waals surface area contributed by atoms with E-state index in [9.17, 15) is 9.90 Å². The number of carboxylic acid groups (broad SMARTS) is 1. The van der Waals surface area contributed by atoms with E-state index in [1.807, 2.05) is 6.92 Å². The zero-order valence-corrected chi connectivity index (χ0v) is 10.7. The summed E-state index contributed by atoms with van der Waals surface area (Å²) >= 11 is 0. The maximum Gasteiger partial charge on any atom is 0.309 e. The van der Waals surface area contributed by atoms with Gasteiger partial charge >= 0.3 is 5.97 Å². The summed E-state index contributed by atoms with van der Waals surface area (Å²) in [7, 11) is 0. The molecule has 1 unspecified atom stereocenters. The molecule has 0 fully saturated rings. The zero-order chi connectivity index (χ0) is 12.4. The minimum Gasteiger partial charge on any atom is -0.481 e. The number of hydrogen-bond acceptors (Lipinski definition) is 2. The van der Waals surface area contributed by atoms with Gasteiger partial charge in [-0.25, -0.2) is 0 Å². The molecule has 1 atom stereocenters. The van der Waals surface area contributed by atoms with E-state index in [2.05, 4.69) is 6.92 Å². The fraction of sp³-hybridized carbons (Fsp3) is 0.923. The minimum absolute atomic E-state index is 0.209. The van der Waals surface area contributed by atoms with Crippen molar-refractivity contribution < 1.29 is 15.0 Å². The van der Waals surface area contributed by atoms with E-state index in [0.717, 1.165) is 44.9 Å². The van der Waals surface area contributed by atoms with Gasteiger partial charge in [-0.2, -0.15) is 0 Å². The van der Waals surface area contributed by atoms with Crippen LogP contribution < -0.4 is 0 Å². The number of hydrogen-bond donors (Lipinski definition) is 2. The molecule has 0 aromatic rings. The van der Waals surface area contributed by atoms with Crippen molar-refractivity contribution >= 4 is 5.97 Å². The topological polar surface area (TPSA) is 57.5 Å². The Kier molecular flexibility index (Phi) is 8.26. The molecule has 16 heavy (non-hydrogen) atoms. The van der Waals surface area contributed by atoms with Crippen LogP contribution in [0.3, 0.4) is 0 Å². The van der Waals surface area contributed by atoms with Crippen molar-refractivity contribution in [2.75, 3.05) is 6.61 Å². The largest absolute Gasteiger partial charge is 0.481 e. The summed E-state index contributed by atoms with van der Waals surface area (Å²) in [4.78, 5) is 11.4. The molecule has 96 valence electrons. The van der Waals surface area contributed by atoms with E-state index in [-0.39, 0.29) is 6.61 Å². The highest BCUT2D eigenvalue weighted by atomic mass is 16.4. The molecule has 0 spiro atoms. The minimum atomic E-state index is -0.646. The Morgan fingerprint density at radius 2 is 1.69 bits per heavy atom. The fourth-order valence-electron chi connectivity index (χ4n) is 2.11. The third-order valence-corrected chi connectivity index (χ3v) is 3.45. The first-order chi connectivity index (χ1) is 7.63. The van der Waals surface area contributed by atoms with Crippen molar-refractivity contribution in [1.82, 2.24) is 0 Å². The molecular formula is C13H26O3. The van der Waals surface area contributed by atoms with Gasteiger partial charge in [0.1, 0.15) is 0 Å². The molecule has 0 aliphatic carbocycles. The number of rotatable bonds is 10. The zero-order valence-electron chi connectivity index (χ0n) is 10.7. The monoisotopic (exact) mass is 230 g/mol. The average Bonchev–Trinajstić information content (AvgIpc) is 2.28. The SMILES string of the molecule is CCCCC(CC)(CCCCCO)C(=O)O. The van der Waals surface area contributed by atoms with Gasteiger partial charge in [0.25, 0.3) is 0 Å². The van der Waals surface area contributed by atoms with E-state index < -0.39 is 11.4 Å². The first-order valence-electron chi connectivity index (χ1n) is 6.47. The molecule has 3 heteroatoms. The van der Waals surface area contributed by atoms with Crippen LogP contribution in [0.1, 0.15) is 65.2 Å². The highest BCUT2D eigenvalue weighted by molar-refractivity contribution is 5.74. The quantitative estimate of drug-likeness (QED) is 0.567. The van der Waals surface area contributed by atoms with Crippen LogP contribution in [0.4, 0.5) is 0 Å². The van der Waals surface area contributed by atoms with E-state index >= 15 is 0 Å². The van der Waals surface area contributed by atoms with Gasteiger partial charge in [-0.05, 0) is 25.7 Å². The lowest BCUT2D eigenvalue weighted by Gasteiger charge is -2.28. The van der Waals surface area contributed by atoms with Gasteiger partial charge in [0.2, 0.25) is 0 Å². The predicted molar refractivity (Wildman–Crippen MR) is 65.4 cm³/mol. The molecule has 0 bridgehead atoms. The van der Waals surface area contributed by atoms with Crippen molar-refractivity contribution in [3.05, 3.63) is 0 Å². The highest BCUT2D eigenvalue weighted by Gasteiger charge is 2.34. The maximum atomic E-state index is 11.4. The first-order valence-corrected chi connectivity index (χ1v) is 6.47. The Balaban J connectivity index is 4.22. The highest BCUT2D eigenvalue weighted by Crippen LogP contribution is 2.35. The fourth-order valence-corrected chi connectivity index (χ4v) is 2.11. The summed E-state index contributed by atoms with van der Waals surface area (Å²) in [6.07, 6.45) is 6.90. The van der Waals surface area contributed by atoms with Gasteiger partial charge in [0.05, 0.1) is 5.41 Å². The number of carbonyl (C=O) groups is 1. The van der Waals surface area contributed by atoms with Crippen LogP contribution in [-0.4, -0.2) is 22.8 Å². The second-order valence-electron chi connectivity index (χ2n) is 4.58. The molecule has 0 aromatic heterocycles. The number of carboxylic acids is 1. The molecule has 0 radical (unpaired) electrons. The van der Waals surface area contributed by atoms with Crippen molar-refractivity contribution in [1.29, 1.82) is 0 Å². The lowest BCUT2D eigenvalue weighted by atomic mass is 9.76. The molecule has 0 saturated carbocycles. The Labute approximate surface area is 98.9 Å². The molecule has 0 amide bonds. The van der Waals surface area contributed by atoms with Crippen LogP contribution in [0.5, 0.6) is 0 Å². The van der Waals surface area contributed by atoms with Crippen molar-refractivity contribution in [2.45, 2.75) is 65.2 Å². The second-order valence-corrected chi connectivity index (χ2v) is 4.58. The van der Waals surface area contributed by atoms with Crippen molar-refractivity contribution in [2.24, 2.45) is 5.41 Å². The molecule has 3 nitrogen and oxygen atoms in total. The van der Waals surface area contributed by atoms with Gasteiger partial charge in [-0.3, -0.25) is 4.79 Å². The summed E-state index contributed by atoms with van der Waals surface area (Å²) in [5, 5.41) is 18.0. The third-order valence-electron chi connectivity index (χ3n) is 3.45. The Morgan fingerprint density at radius 3 is 2.12 bits per heavy atom. The lowest BCUT2D eigenvalue weighted by Crippen LogP contribution is -2.30. The summed E-state index contributed by atoms with van der Waals surface area (Å²) in [5.74, 6) is -0.646. The van der Waals surface area contributed by atoms with Crippen molar-refractivity contribution in [3.8, 4) is 0 Å². The number of aliphatic carboxylic acids is 1. The Bertz CT molecular complexity index is 192. The van der Waals surface area contributed by atoms with Crippen LogP contribution in [0.25, 0.3) is 0 Å². The standard InChI is InChI=1S/C13H26O3/c1-3-5-9-13(4-2,12(15)16)10-7-6-8-11-14/h14H,3-11H2,1-2H3,(H,15,16). The van der Waals surface area contributed by atoms with Crippen LogP contribution in [0.15, 0.2) is 0 Å². The van der Waals surface area contributed by atoms with Crippen LogP contribution in [0.2, 0.25) is 0 Å². The summed E-state index contributed by atoms with van der Waals surface area (Å²) in [6.45, 7) is 4.27. The van der Waals surface area contributed by atoms with Gasteiger partial charge in [0.15, 0.2) is 0 Å².